The van der Waals surface area contributed by atoms with Gasteiger partial charge in [0, 0.05) is 5.02 Å². The molecule has 35 heavy (non-hydrogen) atoms. The lowest BCUT2D eigenvalue weighted by molar-refractivity contribution is -0.120. The fourth-order valence-electron chi connectivity index (χ4n) is 4.52. The Labute approximate surface area is 213 Å². The van der Waals surface area contributed by atoms with E-state index in [1.54, 1.807) is 48.5 Å². The monoisotopic (exact) mass is 510 g/mol. The molecule has 1 N–H and O–H groups in total. The van der Waals surface area contributed by atoms with Crippen LogP contribution in [0.5, 0.6) is 0 Å². The number of aryl methyl sites for hydroxylation is 3. The lowest BCUT2D eigenvalue weighted by Gasteiger charge is -2.26. The average Bonchev–Trinajstić information content (AvgIpc) is 2.86. The van der Waals surface area contributed by atoms with Crippen molar-refractivity contribution < 1.29 is 13.2 Å². The fourth-order valence-corrected chi connectivity index (χ4v) is 6.07. The number of halogens is 1. The van der Waals surface area contributed by atoms with Gasteiger partial charge in [0.05, 0.1) is 16.6 Å². The lowest BCUT2D eigenvalue weighted by atomic mass is 9.89. The summed E-state index contributed by atoms with van der Waals surface area (Å²) in [6.07, 6.45) is 5.28. The van der Waals surface area contributed by atoms with Crippen LogP contribution in [0.15, 0.2) is 71.6 Å². The van der Waals surface area contributed by atoms with Crippen molar-refractivity contribution in [1.29, 1.82) is 0 Å². The van der Waals surface area contributed by atoms with E-state index in [4.69, 9.17) is 11.6 Å². The zero-order valence-corrected chi connectivity index (χ0v) is 21.7. The first-order chi connectivity index (χ1) is 16.8. The summed E-state index contributed by atoms with van der Waals surface area (Å²) < 4.78 is 28.3. The van der Waals surface area contributed by atoms with Crippen molar-refractivity contribution in [2.24, 2.45) is 0 Å². The largest absolute Gasteiger partial charge is 0.348 e. The normalized spacial score (nSPS) is 14.1. The van der Waals surface area contributed by atoms with Crippen LogP contribution < -0.4 is 9.62 Å². The van der Waals surface area contributed by atoms with Gasteiger partial charge in [-0.05, 0) is 92.1 Å². The smallest absolute Gasteiger partial charge is 0.264 e. The Morgan fingerprint density at radius 1 is 0.971 bits per heavy atom. The van der Waals surface area contributed by atoms with Crippen molar-refractivity contribution in [2.75, 3.05) is 10.8 Å². The van der Waals surface area contributed by atoms with Gasteiger partial charge in [-0.15, -0.1) is 0 Å². The average molecular weight is 511 g/mol. The number of rotatable bonds is 8. The third-order valence-corrected chi connectivity index (χ3v) is 8.57. The predicted octanol–water partition coefficient (Wildman–Crippen LogP) is 5.99. The van der Waals surface area contributed by atoms with Crippen molar-refractivity contribution in [2.45, 2.75) is 56.9 Å². The molecule has 0 saturated heterocycles. The second kappa shape index (κ2) is 10.8. The number of nitrogens with zero attached hydrogens (tertiary/aromatic N) is 1. The number of hydrogen-bond donors (Lipinski definition) is 1. The standard InChI is InChI=1S/C28H31ClN2O3S/c1-3-27(23-11-10-21-6-4-5-7-22(21)18-23)30-28(32)19-31(25-14-12-24(29)13-15-25)35(33,34)26-16-8-20(2)9-17-26/h8-18,27H,3-7,19H2,1-2H3,(H,30,32)/t27-/m1/s1. The summed E-state index contributed by atoms with van der Waals surface area (Å²) in [5.74, 6) is -0.361. The second-order valence-electron chi connectivity index (χ2n) is 9.06. The quantitative estimate of drug-likeness (QED) is 0.404. The second-order valence-corrected chi connectivity index (χ2v) is 11.4. The summed E-state index contributed by atoms with van der Waals surface area (Å²) in [6.45, 7) is 3.58. The molecule has 0 aromatic heterocycles. The molecule has 1 atom stereocenters. The molecule has 1 amide bonds. The molecule has 3 aromatic rings. The van der Waals surface area contributed by atoms with Crippen LogP contribution in [0.1, 0.15) is 54.5 Å². The molecule has 0 radical (unpaired) electrons. The van der Waals surface area contributed by atoms with Crippen molar-refractivity contribution in [1.82, 2.24) is 5.32 Å². The summed E-state index contributed by atoms with van der Waals surface area (Å²) in [7, 11) is -3.97. The van der Waals surface area contributed by atoms with Crippen LogP contribution in [0, 0.1) is 6.92 Å². The molecule has 0 bridgehead atoms. The minimum atomic E-state index is -3.97. The van der Waals surface area contributed by atoms with E-state index in [1.807, 2.05) is 13.8 Å². The maximum atomic E-state index is 13.6. The van der Waals surface area contributed by atoms with Crippen molar-refractivity contribution >= 4 is 33.2 Å². The number of fused-ring (bicyclic) bond motifs is 1. The molecule has 0 aliphatic heterocycles. The van der Waals surface area contributed by atoms with Crippen molar-refractivity contribution in [3.8, 4) is 0 Å². The van der Waals surface area contributed by atoms with Gasteiger partial charge in [-0.3, -0.25) is 9.10 Å². The Bertz CT molecular complexity index is 1290. The van der Waals surface area contributed by atoms with Crippen LogP contribution in [-0.2, 0) is 27.7 Å². The number of carbonyl (C=O) groups is 1. The number of anilines is 1. The van der Waals surface area contributed by atoms with Gasteiger partial charge in [-0.1, -0.05) is 54.4 Å². The summed E-state index contributed by atoms with van der Waals surface area (Å²) in [6, 6.07) is 19.3. The van der Waals surface area contributed by atoms with Gasteiger partial charge < -0.3 is 5.32 Å². The number of benzene rings is 3. The predicted molar refractivity (Wildman–Crippen MR) is 141 cm³/mol. The molecule has 0 spiro atoms. The molecule has 1 aliphatic rings. The molecular formula is C28H31ClN2O3S. The van der Waals surface area contributed by atoms with Crippen LogP contribution in [0.3, 0.4) is 0 Å². The maximum absolute atomic E-state index is 13.6. The summed E-state index contributed by atoms with van der Waals surface area (Å²) >= 11 is 6.03. The minimum Gasteiger partial charge on any atom is -0.348 e. The maximum Gasteiger partial charge on any atom is 0.264 e. The van der Waals surface area contributed by atoms with Gasteiger partial charge in [0.2, 0.25) is 5.91 Å². The first kappa shape index (κ1) is 25.3. The lowest BCUT2D eigenvalue weighted by Crippen LogP contribution is -2.42. The third kappa shape index (κ3) is 5.88. The Kier molecular flexibility index (Phi) is 7.82. The molecule has 3 aromatic carbocycles. The first-order valence-corrected chi connectivity index (χ1v) is 13.9. The van der Waals surface area contributed by atoms with Gasteiger partial charge in [-0.25, -0.2) is 8.42 Å². The minimum absolute atomic E-state index is 0.132. The first-order valence-electron chi connectivity index (χ1n) is 12.0. The van der Waals surface area contributed by atoms with Gasteiger partial charge in [-0.2, -0.15) is 0 Å². The number of amides is 1. The molecule has 0 unspecified atom stereocenters. The topological polar surface area (TPSA) is 66.5 Å². The number of nitrogens with one attached hydrogen (secondary N) is 1. The van der Waals surface area contributed by atoms with E-state index in [0.29, 0.717) is 17.1 Å². The van der Waals surface area contributed by atoms with Gasteiger partial charge in [0.25, 0.3) is 10.0 Å². The zero-order valence-electron chi connectivity index (χ0n) is 20.1. The third-order valence-electron chi connectivity index (χ3n) is 6.53. The van der Waals surface area contributed by atoms with Crippen LogP contribution in [0.4, 0.5) is 5.69 Å². The number of hydrogen-bond acceptors (Lipinski definition) is 3. The highest BCUT2D eigenvalue weighted by molar-refractivity contribution is 7.92. The van der Waals surface area contributed by atoms with E-state index in [-0.39, 0.29) is 23.4 Å². The van der Waals surface area contributed by atoms with Crippen LogP contribution in [0.25, 0.3) is 0 Å². The van der Waals surface area contributed by atoms with Crippen LogP contribution in [-0.4, -0.2) is 20.9 Å². The Balaban J connectivity index is 1.59. The van der Waals surface area contributed by atoms with E-state index in [0.717, 1.165) is 28.3 Å². The van der Waals surface area contributed by atoms with Gasteiger partial charge in [0.1, 0.15) is 6.54 Å². The van der Waals surface area contributed by atoms with E-state index >= 15 is 0 Å². The molecule has 184 valence electrons. The Morgan fingerprint density at radius 3 is 2.29 bits per heavy atom. The highest BCUT2D eigenvalue weighted by Gasteiger charge is 2.28. The number of carbonyl (C=O) groups excluding carboxylic acids is 1. The van der Waals surface area contributed by atoms with E-state index in [2.05, 4.69) is 23.5 Å². The van der Waals surface area contributed by atoms with E-state index in [9.17, 15) is 13.2 Å². The molecule has 0 heterocycles. The molecule has 1 aliphatic carbocycles. The molecule has 0 fully saturated rings. The number of sulfonamides is 1. The summed E-state index contributed by atoms with van der Waals surface area (Å²) in [4.78, 5) is 13.3. The highest BCUT2D eigenvalue weighted by atomic mass is 35.5. The van der Waals surface area contributed by atoms with E-state index in [1.165, 1.54) is 24.0 Å². The molecule has 5 nitrogen and oxygen atoms in total. The molecule has 4 rings (SSSR count). The summed E-state index contributed by atoms with van der Waals surface area (Å²) in [5, 5.41) is 3.55. The highest BCUT2D eigenvalue weighted by Crippen LogP contribution is 2.28. The Hall–Kier alpha value is -2.83. The van der Waals surface area contributed by atoms with Crippen LogP contribution >= 0.6 is 11.6 Å². The van der Waals surface area contributed by atoms with Gasteiger partial charge >= 0.3 is 0 Å². The van der Waals surface area contributed by atoms with Crippen molar-refractivity contribution in [3.05, 3.63) is 94.0 Å². The zero-order chi connectivity index (χ0) is 25.0. The van der Waals surface area contributed by atoms with Crippen LogP contribution in [0.2, 0.25) is 5.02 Å². The van der Waals surface area contributed by atoms with Crippen molar-refractivity contribution in [3.63, 3.8) is 0 Å². The molecule has 7 heteroatoms. The summed E-state index contributed by atoms with van der Waals surface area (Å²) in [5.41, 5.74) is 5.13. The van der Waals surface area contributed by atoms with E-state index < -0.39 is 10.0 Å². The molecular weight excluding hydrogens is 480 g/mol. The van der Waals surface area contributed by atoms with Gasteiger partial charge in [0.15, 0.2) is 0 Å². The Morgan fingerprint density at radius 2 is 1.63 bits per heavy atom. The fraction of sp³-hybridized carbons (Fsp3) is 0.321. The molecule has 0 saturated carbocycles. The SMILES string of the molecule is CC[C@@H](NC(=O)CN(c1ccc(Cl)cc1)S(=O)(=O)c1ccc(C)cc1)c1ccc2c(c1)CCCC2.